The maximum atomic E-state index is 12.7. The minimum Gasteiger partial charge on any atom is -0.467 e. The zero-order valence-corrected chi connectivity index (χ0v) is 17.0. The van der Waals surface area contributed by atoms with Crippen LogP contribution in [0.5, 0.6) is 0 Å². The highest BCUT2D eigenvalue weighted by atomic mass is 32.2. The molecule has 1 aromatic heterocycles. The number of benzene rings is 1. The monoisotopic (exact) mass is 416 g/mol. The molecule has 1 saturated heterocycles. The first kappa shape index (κ1) is 20.7. The normalized spacial score (nSPS) is 16.5. The van der Waals surface area contributed by atoms with Crippen LogP contribution < -0.4 is 0 Å². The van der Waals surface area contributed by atoms with Gasteiger partial charge in [0.05, 0.1) is 18.6 Å². The van der Waals surface area contributed by atoms with Gasteiger partial charge in [-0.2, -0.15) is 0 Å². The molecular formula is C20H20N2O6S. The van der Waals surface area contributed by atoms with E-state index in [1.54, 1.807) is 23.8 Å². The topological polar surface area (TPSA) is 94.9 Å². The minimum atomic E-state index is -1.01. The molecule has 1 aliphatic heterocycles. The second kappa shape index (κ2) is 8.52. The SMILES string of the molecule is CCOC(=O)Cn1cc(/C=C2/SC(=O)N([C@H](C)C(=O)OC)C2=O)c2ccccc21. The van der Waals surface area contributed by atoms with E-state index in [-0.39, 0.29) is 24.0 Å². The Morgan fingerprint density at radius 3 is 2.66 bits per heavy atom. The first-order chi connectivity index (χ1) is 13.9. The number of fused-ring (bicyclic) bond motifs is 1. The summed E-state index contributed by atoms with van der Waals surface area (Å²) >= 11 is 0.763. The van der Waals surface area contributed by atoms with Crippen molar-refractivity contribution in [1.82, 2.24) is 9.47 Å². The molecule has 0 spiro atoms. The predicted molar refractivity (Wildman–Crippen MR) is 108 cm³/mol. The third-order valence-corrected chi connectivity index (χ3v) is 5.35. The summed E-state index contributed by atoms with van der Waals surface area (Å²) in [5, 5.41) is 0.291. The summed E-state index contributed by atoms with van der Waals surface area (Å²) in [6, 6.07) is 6.41. The van der Waals surface area contributed by atoms with Crippen LogP contribution in [0.4, 0.5) is 4.79 Å². The van der Waals surface area contributed by atoms with E-state index >= 15 is 0 Å². The van der Waals surface area contributed by atoms with E-state index < -0.39 is 23.2 Å². The number of hydrogen-bond acceptors (Lipinski definition) is 7. The van der Waals surface area contributed by atoms with Crippen molar-refractivity contribution in [3.05, 3.63) is 40.9 Å². The van der Waals surface area contributed by atoms with Crippen LogP contribution in [0.3, 0.4) is 0 Å². The van der Waals surface area contributed by atoms with Crippen LogP contribution in [-0.4, -0.2) is 52.3 Å². The van der Waals surface area contributed by atoms with E-state index in [2.05, 4.69) is 4.74 Å². The predicted octanol–water partition coefficient (Wildman–Crippen LogP) is 2.80. The first-order valence-electron chi connectivity index (χ1n) is 8.95. The molecule has 2 amide bonds. The van der Waals surface area contributed by atoms with Gasteiger partial charge in [-0.15, -0.1) is 0 Å². The van der Waals surface area contributed by atoms with Gasteiger partial charge in [-0.05, 0) is 37.8 Å². The van der Waals surface area contributed by atoms with Gasteiger partial charge in [0.1, 0.15) is 12.6 Å². The Morgan fingerprint density at radius 2 is 1.97 bits per heavy atom. The maximum absolute atomic E-state index is 12.7. The lowest BCUT2D eigenvalue weighted by molar-refractivity contribution is -0.148. The van der Waals surface area contributed by atoms with Gasteiger partial charge in [0.25, 0.3) is 11.1 Å². The average molecular weight is 416 g/mol. The van der Waals surface area contributed by atoms with Crippen LogP contribution in [0.1, 0.15) is 19.4 Å². The number of rotatable bonds is 6. The molecule has 0 bridgehead atoms. The highest BCUT2D eigenvalue weighted by Gasteiger charge is 2.41. The molecule has 1 aliphatic rings. The van der Waals surface area contributed by atoms with Crippen LogP contribution in [0, 0.1) is 0 Å². The number of nitrogens with zero attached hydrogens (tertiary/aromatic N) is 2. The number of esters is 2. The van der Waals surface area contributed by atoms with Gasteiger partial charge in [0.15, 0.2) is 0 Å². The summed E-state index contributed by atoms with van der Waals surface area (Å²) in [6.45, 7) is 3.50. The third kappa shape index (κ3) is 4.04. The van der Waals surface area contributed by atoms with Gasteiger partial charge in [0.2, 0.25) is 0 Å². The van der Waals surface area contributed by atoms with Crippen LogP contribution >= 0.6 is 11.8 Å². The summed E-state index contributed by atoms with van der Waals surface area (Å²) < 4.78 is 11.4. The van der Waals surface area contributed by atoms with Crippen LogP contribution in [0.25, 0.3) is 17.0 Å². The molecule has 2 aromatic rings. The third-order valence-electron chi connectivity index (χ3n) is 4.46. The molecular weight excluding hydrogens is 396 g/mol. The fourth-order valence-corrected chi connectivity index (χ4v) is 4.00. The Labute approximate surface area is 171 Å². The Kier molecular flexibility index (Phi) is 6.07. The molecule has 0 aliphatic carbocycles. The number of hydrogen-bond donors (Lipinski definition) is 0. The smallest absolute Gasteiger partial charge is 0.328 e. The summed E-state index contributed by atoms with van der Waals surface area (Å²) in [6.07, 6.45) is 3.33. The zero-order valence-electron chi connectivity index (χ0n) is 16.2. The molecule has 9 heteroatoms. The largest absolute Gasteiger partial charge is 0.467 e. The Morgan fingerprint density at radius 1 is 1.24 bits per heavy atom. The second-order valence-corrected chi connectivity index (χ2v) is 7.28. The first-order valence-corrected chi connectivity index (χ1v) is 9.77. The number of carbonyl (C=O) groups is 4. The number of methoxy groups -OCH3 is 1. The van der Waals surface area contributed by atoms with Crippen LogP contribution in [0.2, 0.25) is 0 Å². The van der Waals surface area contributed by atoms with Crippen molar-refractivity contribution >= 4 is 51.8 Å². The molecule has 8 nitrogen and oxygen atoms in total. The molecule has 29 heavy (non-hydrogen) atoms. The highest BCUT2D eigenvalue weighted by Crippen LogP contribution is 2.35. The van der Waals surface area contributed by atoms with Crippen molar-refractivity contribution in [2.75, 3.05) is 13.7 Å². The summed E-state index contributed by atoms with van der Waals surface area (Å²) in [5.74, 6) is -1.59. The zero-order chi connectivity index (χ0) is 21.1. The molecule has 1 atom stereocenters. The molecule has 0 unspecified atom stereocenters. The van der Waals surface area contributed by atoms with Gasteiger partial charge >= 0.3 is 11.9 Å². The van der Waals surface area contributed by atoms with Crippen molar-refractivity contribution in [3.8, 4) is 0 Å². The summed E-state index contributed by atoms with van der Waals surface area (Å²) in [4.78, 5) is 49.7. The summed E-state index contributed by atoms with van der Waals surface area (Å²) in [5.41, 5.74) is 1.48. The van der Waals surface area contributed by atoms with E-state index in [4.69, 9.17) is 4.74 Å². The van der Waals surface area contributed by atoms with Crippen LogP contribution in [-0.2, 0) is 30.4 Å². The van der Waals surface area contributed by atoms with Gasteiger partial charge < -0.3 is 14.0 Å². The van der Waals surface area contributed by atoms with Gasteiger partial charge in [-0.25, -0.2) is 4.79 Å². The van der Waals surface area contributed by atoms with E-state index in [0.717, 1.165) is 27.6 Å². The molecule has 1 aromatic carbocycles. The number of para-hydroxylation sites is 1. The molecule has 0 radical (unpaired) electrons. The standard InChI is InChI=1S/C20H20N2O6S/c1-4-28-17(23)11-21-10-13(14-7-5-6-8-15(14)21)9-16-18(24)22(20(26)29-16)12(2)19(25)27-3/h5-10,12H,4,11H2,1-3H3/b16-9+/t12-/m1/s1. The number of imide groups is 1. The van der Waals surface area contributed by atoms with Crippen molar-refractivity contribution in [1.29, 1.82) is 0 Å². The van der Waals surface area contributed by atoms with E-state index in [1.807, 2.05) is 24.3 Å². The quantitative estimate of drug-likeness (QED) is 0.528. The number of ether oxygens (including phenoxy) is 2. The summed E-state index contributed by atoms with van der Waals surface area (Å²) in [7, 11) is 1.20. The minimum absolute atomic E-state index is 0.0308. The fraction of sp³-hybridized carbons (Fsp3) is 0.300. The van der Waals surface area contributed by atoms with Crippen molar-refractivity contribution in [2.45, 2.75) is 26.4 Å². The molecule has 3 rings (SSSR count). The van der Waals surface area contributed by atoms with Gasteiger partial charge in [0, 0.05) is 22.7 Å². The lowest BCUT2D eigenvalue weighted by atomic mass is 10.1. The molecule has 0 saturated carbocycles. The number of aromatic nitrogens is 1. The lowest BCUT2D eigenvalue weighted by Crippen LogP contribution is -2.42. The molecule has 152 valence electrons. The van der Waals surface area contributed by atoms with E-state index in [0.29, 0.717) is 5.56 Å². The Bertz CT molecular complexity index is 1030. The Hall–Kier alpha value is -3.07. The van der Waals surface area contributed by atoms with E-state index in [9.17, 15) is 19.2 Å². The maximum Gasteiger partial charge on any atom is 0.328 e. The average Bonchev–Trinajstić information content (AvgIpc) is 3.18. The van der Waals surface area contributed by atoms with E-state index in [1.165, 1.54) is 14.0 Å². The second-order valence-electron chi connectivity index (χ2n) is 6.29. The number of amides is 2. The number of carbonyl (C=O) groups excluding carboxylic acids is 4. The van der Waals surface area contributed by atoms with Crippen molar-refractivity contribution in [3.63, 3.8) is 0 Å². The van der Waals surface area contributed by atoms with Crippen LogP contribution in [0.15, 0.2) is 35.4 Å². The van der Waals surface area contributed by atoms with Gasteiger partial charge in [-0.3, -0.25) is 19.3 Å². The molecule has 1 fully saturated rings. The van der Waals surface area contributed by atoms with Gasteiger partial charge in [-0.1, -0.05) is 18.2 Å². The highest BCUT2D eigenvalue weighted by molar-refractivity contribution is 8.18. The van der Waals surface area contributed by atoms with Crippen molar-refractivity contribution < 1.29 is 28.7 Å². The molecule has 2 heterocycles. The van der Waals surface area contributed by atoms with Crippen molar-refractivity contribution in [2.24, 2.45) is 0 Å². The fourth-order valence-electron chi connectivity index (χ4n) is 3.10. The molecule has 0 N–H and O–H groups in total. The Balaban J connectivity index is 1.96. The number of thioether (sulfide) groups is 1. The lowest BCUT2D eigenvalue weighted by Gasteiger charge is -2.18.